The molecule has 3 N–H and O–H groups in total. The van der Waals surface area contributed by atoms with E-state index in [2.05, 4.69) is 10.5 Å². The number of nitrogens with zero attached hydrogens (tertiary/aromatic N) is 2. The molecule has 1 aromatic heterocycles. The minimum Gasteiger partial charge on any atom is -0.493 e. The third-order valence-electron chi connectivity index (χ3n) is 3.41. The van der Waals surface area contributed by atoms with Crippen molar-refractivity contribution >= 4 is 0 Å². The second-order valence-electron chi connectivity index (χ2n) is 4.61. The Morgan fingerprint density at radius 3 is 2.71 bits per heavy atom. The van der Waals surface area contributed by atoms with Crippen molar-refractivity contribution in [2.24, 2.45) is 5.84 Å². The Bertz CT molecular complexity index is 621. The van der Waals surface area contributed by atoms with Gasteiger partial charge in [-0.3, -0.25) is 10.5 Å². The summed E-state index contributed by atoms with van der Waals surface area (Å²) in [6.07, 6.45) is 1.49. The van der Waals surface area contributed by atoms with Crippen LogP contribution in [0.15, 0.2) is 18.3 Å². The van der Waals surface area contributed by atoms with Gasteiger partial charge in [0.15, 0.2) is 5.75 Å². The van der Waals surface area contributed by atoms with Crippen LogP contribution in [0.25, 0.3) is 0 Å². The van der Waals surface area contributed by atoms with Gasteiger partial charge in [0.25, 0.3) is 0 Å². The molecular formula is C14H18F2N4O. The second-order valence-corrected chi connectivity index (χ2v) is 4.61. The summed E-state index contributed by atoms with van der Waals surface area (Å²) >= 11 is 0. The van der Waals surface area contributed by atoms with Crippen molar-refractivity contribution in [1.29, 1.82) is 0 Å². The van der Waals surface area contributed by atoms with Crippen LogP contribution in [0.1, 0.15) is 29.8 Å². The van der Waals surface area contributed by atoms with Crippen molar-refractivity contribution in [3.8, 4) is 5.75 Å². The highest BCUT2D eigenvalue weighted by atomic mass is 19.1. The third-order valence-corrected chi connectivity index (χ3v) is 3.41. The number of methoxy groups -OCH3 is 1. The Labute approximate surface area is 121 Å². The summed E-state index contributed by atoms with van der Waals surface area (Å²) in [6.45, 7) is 3.96. The van der Waals surface area contributed by atoms with E-state index in [0.717, 1.165) is 0 Å². The first-order valence-electron chi connectivity index (χ1n) is 6.55. The average molecular weight is 296 g/mol. The lowest BCUT2D eigenvalue weighted by molar-refractivity contribution is 0.395. The SMILES string of the molecule is CCn1ncc(OC)c1C(NN)c1c(F)ccc(C)c1F. The standard InChI is InChI=1S/C14H18F2N4O/c1-4-20-14(10(21-3)7-18-20)13(19-17)11-9(15)6-5-8(2)12(11)16/h5-7,13,19H,4,17H2,1-3H3. The van der Waals surface area contributed by atoms with Gasteiger partial charge in [-0.15, -0.1) is 0 Å². The Kier molecular flexibility index (Phi) is 4.54. The summed E-state index contributed by atoms with van der Waals surface area (Å²) < 4.78 is 35.3. The van der Waals surface area contributed by atoms with Crippen molar-refractivity contribution in [3.05, 3.63) is 46.8 Å². The maximum absolute atomic E-state index is 14.4. The van der Waals surface area contributed by atoms with Crippen molar-refractivity contribution < 1.29 is 13.5 Å². The normalized spacial score (nSPS) is 12.5. The molecule has 0 aliphatic carbocycles. The van der Waals surface area contributed by atoms with Gasteiger partial charge >= 0.3 is 0 Å². The Morgan fingerprint density at radius 1 is 1.43 bits per heavy atom. The molecule has 0 spiro atoms. The van der Waals surface area contributed by atoms with Crippen LogP contribution in [0, 0.1) is 18.6 Å². The maximum Gasteiger partial charge on any atom is 0.161 e. The van der Waals surface area contributed by atoms with Crippen molar-refractivity contribution in [2.45, 2.75) is 26.4 Å². The van der Waals surface area contributed by atoms with Crippen LogP contribution in [0.3, 0.4) is 0 Å². The van der Waals surface area contributed by atoms with Gasteiger partial charge in [0.1, 0.15) is 17.3 Å². The molecule has 114 valence electrons. The van der Waals surface area contributed by atoms with Crippen LogP contribution in [0.2, 0.25) is 0 Å². The number of benzene rings is 1. The number of halogens is 2. The van der Waals surface area contributed by atoms with E-state index in [-0.39, 0.29) is 5.56 Å². The molecule has 0 bridgehead atoms. The summed E-state index contributed by atoms with van der Waals surface area (Å²) in [5.74, 6) is 4.66. The van der Waals surface area contributed by atoms with Gasteiger partial charge in [0.2, 0.25) is 0 Å². The lowest BCUT2D eigenvalue weighted by Gasteiger charge is -2.20. The monoisotopic (exact) mass is 296 g/mol. The van der Waals surface area contributed by atoms with Crippen LogP contribution in [0.5, 0.6) is 5.75 Å². The van der Waals surface area contributed by atoms with E-state index in [4.69, 9.17) is 10.6 Å². The van der Waals surface area contributed by atoms with E-state index in [0.29, 0.717) is 23.6 Å². The number of hydrogen-bond donors (Lipinski definition) is 2. The summed E-state index contributed by atoms with van der Waals surface area (Å²) in [4.78, 5) is 0. The van der Waals surface area contributed by atoms with Gasteiger partial charge in [-0.1, -0.05) is 6.07 Å². The molecule has 5 nitrogen and oxygen atoms in total. The average Bonchev–Trinajstić information content (AvgIpc) is 2.90. The van der Waals surface area contributed by atoms with Gasteiger partial charge in [0.05, 0.1) is 19.3 Å². The highest BCUT2D eigenvalue weighted by molar-refractivity contribution is 5.39. The van der Waals surface area contributed by atoms with Crippen LogP contribution >= 0.6 is 0 Å². The van der Waals surface area contributed by atoms with E-state index in [1.807, 2.05) is 6.92 Å². The number of hydrogen-bond acceptors (Lipinski definition) is 4. The number of aromatic nitrogens is 2. The Balaban J connectivity index is 2.66. The number of nitrogens with one attached hydrogen (secondary N) is 1. The molecule has 7 heteroatoms. The minimum absolute atomic E-state index is 0.147. The molecule has 0 saturated carbocycles. The van der Waals surface area contributed by atoms with E-state index >= 15 is 0 Å². The topological polar surface area (TPSA) is 65.1 Å². The van der Waals surface area contributed by atoms with Gasteiger partial charge in [-0.25, -0.2) is 14.2 Å². The first-order chi connectivity index (χ1) is 10.0. The van der Waals surface area contributed by atoms with Crippen LogP contribution in [0.4, 0.5) is 8.78 Å². The highest BCUT2D eigenvalue weighted by Gasteiger charge is 2.28. The smallest absolute Gasteiger partial charge is 0.161 e. The van der Waals surface area contributed by atoms with Gasteiger partial charge in [-0.05, 0) is 25.5 Å². The Hall–Kier alpha value is -1.99. The van der Waals surface area contributed by atoms with E-state index in [1.54, 1.807) is 11.6 Å². The predicted octanol–water partition coefficient (Wildman–Crippen LogP) is 2.05. The molecule has 0 aliphatic rings. The number of nitrogens with two attached hydrogens (primary N) is 1. The van der Waals surface area contributed by atoms with E-state index in [1.165, 1.54) is 25.4 Å². The molecule has 2 aromatic rings. The van der Waals surface area contributed by atoms with Gasteiger partial charge in [-0.2, -0.15) is 5.10 Å². The zero-order valence-corrected chi connectivity index (χ0v) is 12.2. The molecule has 2 rings (SSSR count). The first kappa shape index (κ1) is 15.4. The molecule has 0 saturated heterocycles. The summed E-state index contributed by atoms with van der Waals surface area (Å²) in [7, 11) is 1.47. The molecular weight excluding hydrogens is 278 g/mol. The number of ether oxygens (including phenoxy) is 1. The number of aryl methyl sites for hydroxylation is 2. The first-order valence-corrected chi connectivity index (χ1v) is 6.55. The molecule has 0 radical (unpaired) electrons. The fraction of sp³-hybridized carbons (Fsp3) is 0.357. The maximum atomic E-state index is 14.4. The molecule has 1 heterocycles. The molecule has 21 heavy (non-hydrogen) atoms. The fourth-order valence-electron chi connectivity index (χ4n) is 2.32. The molecule has 0 amide bonds. The number of hydrazine groups is 1. The summed E-state index contributed by atoms with van der Waals surface area (Å²) in [5.41, 5.74) is 3.13. The molecule has 1 aromatic carbocycles. The Morgan fingerprint density at radius 2 is 2.14 bits per heavy atom. The van der Waals surface area contributed by atoms with Crippen molar-refractivity contribution in [1.82, 2.24) is 15.2 Å². The minimum atomic E-state index is -0.901. The van der Waals surface area contributed by atoms with Gasteiger partial charge in [0, 0.05) is 12.1 Å². The third kappa shape index (κ3) is 2.62. The zero-order chi connectivity index (χ0) is 15.6. The van der Waals surface area contributed by atoms with Crippen LogP contribution in [-0.2, 0) is 6.54 Å². The molecule has 0 fully saturated rings. The second kappa shape index (κ2) is 6.19. The predicted molar refractivity (Wildman–Crippen MR) is 74.7 cm³/mol. The lowest BCUT2D eigenvalue weighted by Crippen LogP contribution is -2.32. The fourth-order valence-corrected chi connectivity index (χ4v) is 2.32. The zero-order valence-electron chi connectivity index (χ0n) is 12.2. The van der Waals surface area contributed by atoms with E-state index in [9.17, 15) is 8.78 Å². The highest BCUT2D eigenvalue weighted by Crippen LogP contribution is 2.33. The molecule has 0 aliphatic heterocycles. The number of rotatable bonds is 5. The van der Waals surface area contributed by atoms with Gasteiger partial charge < -0.3 is 4.74 Å². The van der Waals surface area contributed by atoms with Crippen molar-refractivity contribution in [3.63, 3.8) is 0 Å². The quantitative estimate of drug-likeness (QED) is 0.655. The summed E-state index contributed by atoms with van der Waals surface area (Å²) in [6, 6.07) is 1.70. The van der Waals surface area contributed by atoms with Crippen LogP contribution < -0.4 is 16.0 Å². The summed E-state index contributed by atoms with van der Waals surface area (Å²) in [5, 5.41) is 4.13. The lowest BCUT2D eigenvalue weighted by atomic mass is 10.00. The van der Waals surface area contributed by atoms with Crippen molar-refractivity contribution in [2.75, 3.05) is 7.11 Å². The molecule has 1 atom stereocenters. The van der Waals surface area contributed by atoms with E-state index < -0.39 is 17.7 Å². The largest absolute Gasteiger partial charge is 0.493 e. The molecule has 1 unspecified atom stereocenters. The van der Waals surface area contributed by atoms with Crippen LogP contribution in [-0.4, -0.2) is 16.9 Å².